The van der Waals surface area contributed by atoms with Gasteiger partial charge in [0, 0.05) is 57.6 Å². The van der Waals surface area contributed by atoms with Gasteiger partial charge in [-0.1, -0.05) is 32.4 Å². The molecule has 1 aliphatic rings. The Labute approximate surface area is 158 Å². The van der Waals surface area contributed by atoms with E-state index < -0.39 is 0 Å². The van der Waals surface area contributed by atoms with Crippen LogP contribution in [0.5, 0.6) is 0 Å². The molecule has 0 amide bonds. The zero-order chi connectivity index (χ0) is 18.4. The standard InChI is InChI=1S/C21H35N5/c1-3-5-11-24-13-15-25(16-14-24)12-9-19-21-18(17-22)7-6-8-20(21)26(23-19)10-4-2/h6-8H,3-5,9-17,22H2,1-2H3. The highest BCUT2D eigenvalue weighted by Gasteiger charge is 2.18. The molecule has 0 radical (unpaired) electrons. The molecule has 0 spiro atoms. The van der Waals surface area contributed by atoms with Crippen LogP contribution >= 0.6 is 0 Å². The Kier molecular flexibility index (Phi) is 7.06. The highest BCUT2D eigenvalue weighted by atomic mass is 15.3. The molecule has 5 heteroatoms. The van der Waals surface area contributed by atoms with Gasteiger partial charge in [0.25, 0.3) is 0 Å². The molecule has 1 aromatic carbocycles. The molecule has 2 heterocycles. The Morgan fingerprint density at radius 3 is 2.35 bits per heavy atom. The molecule has 2 N–H and O–H groups in total. The molecule has 5 nitrogen and oxygen atoms in total. The van der Waals surface area contributed by atoms with Gasteiger partial charge in [-0.2, -0.15) is 5.10 Å². The number of rotatable bonds is 9. The molecule has 0 unspecified atom stereocenters. The number of aromatic nitrogens is 2. The van der Waals surface area contributed by atoms with Crippen LogP contribution in [0.3, 0.4) is 0 Å². The Morgan fingerprint density at radius 2 is 1.69 bits per heavy atom. The summed E-state index contributed by atoms with van der Waals surface area (Å²) in [7, 11) is 0. The summed E-state index contributed by atoms with van der Waals surface area (Å²) in [5, 5.41) is 6.25. The molecule has 144 valence electrons. The van der Waals surface area contributed by atoms with Gasteiger partial charge in [-0.15, -0.1) is 0 Å². The van der Waals surface area contributed by atoms with E-state index in [1.54, 1.807) is 0 Å². The first-order valence-electron chi connectivity index (χ1n) is 10.4. The summed E-state index contributed by atoms with van der Waals surface area (Å²) in [5.74, 6) is 0. The average molecular weight is 358 g/mol. The summed E-state index contributed by atoms with van der Waals surface area (Å²) >= 11 is 0. The number of hydrogen-bond donors (Lipinski definition) is 1. The predicted molar refractivity (Wildman–Crippen MR) is 109 cm³/mol. The smallest absolute Gasteiger partial charge is 0.0719 e. The molecule has 3 rings (SSSR count). The van der Waals surface area contributed by atoms with E-state index in [9.17, 15) is 0 Å². The van der Waals surface area contributed by atoms with Gasteiger partial charge in [0.05, 0.1) is 11.2 Å². The van der Waals surface area contributed by atoms with Crippen LogP contribution in [-0.2, 0) is 19.5 Å². The maximum absolute atomic E-state index is 6.01. The van der Waals surface area contributed by atoms with Crippen LogP contribution in [0.2, 0.25) is 0 Å². The molecule has 0 aliphatic carbocycles. The van der Waals surface area contributed by atoms with Crippen LogP contribution in [0.15, 0.2) is 18.2 Å². The Balaban J connectivity index is 1.66. The Hall–Kier alpha value is -1.43. The van der Waals surface area contributed by atoms with Crippen LogP contribution < -0.4 is 5.73 Å². The van der Waals surface area contributed by atoms with Crippen molar-refractivity contribution < 1.29 is 0 Å². The van der Waals surface area contributed by atoms with Crippen molar-refractivity contribution in [1.82, 2.24) is 19.6 Å². The lowest BCUT2D eigenvalue weighted by Crippen LogP contribution is -2.47. The molecule has 0 atom stereocenters. The number of benzene rings is 1. The predicted octanol–water partition coefficient (Wildman–Crippen LogP) is 2.87. The number of aryl methyl sites for hydroxylation is 1. The lowest BCUT2D eigenvalue weighted by atomic mass is 10.1. The zero-order valence-electron chi connectivity index (χ0n) is 16.6. The molecule has 1 saturated heterocycles. The molecule has 1 aliphatic heterocycles. The van der Waals surface area contributed by atoms with Crippen molar-refractivity contribution >= 4 is 10.9 Å². The number of piperazine rings is 1. The monoisotopic (exact) mass is 357 g/mol. The first-order chi connectivity index (χ1) is 12.8. The van der Waals surface area contributed by atoms with E-state index in [4.69, 9.17) is 10.8 Å². The molecular formula is C21H35N5. The summed E-state index contributed by atoms with van der Waals surface area (Å²) in [6, 6.07) is 6.45. The quantitative estimate of drug-likeness (QED) is 0.750. The van der Waals surface area contributed by atoms with Crippen LogP contribution in [0, 0.1) is 0 Å². The van der Waals surface area contributed by atoms with E-state index in [0.29, 0.717) is 6.54 Å². The second-order valence-corrected chi connectivity index (χ2v) is 7.47. The van der Waals surface area contributed by atoms with Crippen molar-refractivity contribution in [3.8, 4) is 0 Å². The summed E-state index contributed by atoms with van der Waals surface area (Å²) in [5.41, 5.74) is 9.70. The zero-order valence-corrected chi connectivity index (χ0v) is 16.6. The molecule has 1 fully saturated rings. The van der Waals surface area contributed by atoms with Gasteiger partial charge < -0.3 is 15.5 Å². The average Bonchev–Trinajstić information content (AvgIpc) is 3.04. The maximum Gasteiger partial charge on any atom is 0.0719 e. The van der Waals surface area contributed by atoms with Crippen molar-refractivity contribution in [1.29, 1.82) is 0 Å². The lowest BCUT2D eigenvalue weighted by molar-refractivity contribution is 0.132. The van der Waals surface area contributed by atoms with E-state index in [-0.39, 0.29) is 0 Å². The van der Waals surface area contributed by atoms with Crippen LogP contribution in [-0.4, -0.2) is 58.8 Å². The number of fused-ring (bicyclic) bond motifs is 1. The van der Waals surface area contributed by atoms with Crippen molar-refractivity contribution in [3.05, 3.63) is 29.5 Å². The van der Waals surface area contributed by atoms with Gasteiger partial charge in [0.1, 0.15) is 0 Å². The minimum absolute atomic E-state index is 0.582. The fourth-order valence-electron chi connectivity index (χ4n) is 3.99. The molecule has 0 saturated carbocycles. The van der Waals surface area contributed by atoms with Crippen molar-refractivity contribution in [2.75, 3.05) is 39.3 Å². The lowest BCUT2D eigenvalue weighted by Gasteiger charge is -2.34. The van der Waals surface area contributed by atoms with Crippen molar-refractivity contribution in [3.63, 3.8) is 0 Å². The molecule has 0 bridgehead atoms. The number of unbranched alkanes of at least 4 members (excludes halogenated alkanes) is 1. The second-order valence-electron chi connectivity index (χ2n) is 7.47. The first-order valence-corrected chi connectivity index (χ1v) is 10.4. The normalized spacial score (nSPS) is 16.6. The van der Waals surface area contributed by atoms with E-state index in [2.05, 4.69) is 46.5 Å². The van der Waals surface area contributed by atoms with Gasteiger partial charge >= 0.3 is 0 Å². The van der Waals surface area contributed by atoms with Gasteiger partial charge in [0.15, 0.2) is 0 Å². The molecule has 2 aromatic rings. The van der Waals surface area contributed by atoms with Crippen LogP contribution in [0.4, 0.5) is 0 Å². The third kappa shape index (κ3) is 4.45. The molecule has 1 aromatic heterocycles. The minimum atomic E-state index is 0.582. The van der Waals surface area contributed by atoms with E-state index in [0.717, 1.165) is 25.9 Å². The highest BCUT2D eigenvalue weighted by molar-refractivity contribution is 5.85. The van der Waals surface area contributed by atoms with E-state index in [1.807, 2.05) is 0 Å². The Bertz CT molecular complexity index is 685. The van der Waals surface area contributed by atoms with Crippen LogP contribution in [0.1, 0.15) is 44.4 Å². The molecule has 26 heavy (non-hydrogen) atoms. The first kappa shape index (κ1) is 19.3. The summed E-state index contributed by atoms with van der Waals surface area (Å²) in [4.78, 5) is 5.20. The summed E-state index contributed by atoms with van der Waals surface area (Å²) in [6.45, 7) is 13.2. The number of hydrogen-bond acceptors (Lipinski definition) is 4. The van der Waals surface area contributed by atoms with E-state index >= 15 is 0 Å². The maximum atomic E-state index is 6.01. The fraction of sp³-hybridized carbons (Fsp3) is 0.667. The SMILES string of the molecule is CCCCN1CCN(CCc2nn(CCC)c3cccc(CN)c23)CC1. The van der Waals surface area contributed by atoms with Gasteiger partial charge in [-0.3, -0.25) is 4.68 Å². The second kappa shape index (κ2) is 9.49. The number of nitrogens with two attached hydrogens (primary N) is 1. The number of nitrogens with zero attached hydrogens (tertiary/aromatic N) is 4. The van der Waals surface area contributed by atoms with E-state index in [1.165, 1.54) is 67.7 Å². The molecular weight excluding hydrogens is 322 g/mol. The minimum Gasteiger partial charge on any atom is -0.326 e. The van der Waals surface area contributed by atoms with Gasteiger partial charge in [-0.05, 0) is 31.0 Å². The van der Waals surface area contributed by atoms with Crippen LogP contribution in [0.25, 0.3) is 10.9 Å². The summed E-state index contributed by atoms with van der Waals surface area (Å²) < 4.78 is 2.17. The largest absolute Gasteiger partial charge is 0.326 e. The van der Waals surface area contributed by atoms with Gasteiger partial charge in [-0.25, -0.2) is 0 Å². The highest BCUT2D eigenvalue weighted by Crippen LogP contribution is 2.24. The van der Waals surface area contributed by atoms with Crippen molar-refractivity contribution in [2.24, 2.45) is 5.73 Å². The Morgan fingerprint density at radius 1 is 0.962 bits per heavy atom. The summed E-state index contributed by atoms with van der Waals surface area (Å²) in [6.07, 6.45) is 4.72. The fourth-order valence-corrected chi connectivity index (χ4v) is 3.99. The topological polar surface area (TPSA) is 50.3 Å². The van der Waals surface area contributed by atoms with Crippen molar-refractivity contribution in [2.45, 2.75) is 52.6 Å². The third-order valence-corrected chi connectivity index (χ3v) is 5.55. The van der Waals surface area contributed by atoms with Gasteiger partial charge in [0.2, 0.25) is 0 Å². The third-order valence-electron chi connectivity index (χ3n) is 5.55.